The van der Waals surface area contributed by atoms with Crippen LogP contribution in [0, 0.1) is 0 Å². The van der Waals surface area contributed by atoms with Crippen LogP contribution in [0.2, 0.25) is 0 Å². The number of hydrogen-bond acceptors (Lipinski definition) is 5. The summed E-state index contributed by atoms with van der Waals surface area (Å²) in [6.45, 7) is 6.31. The molecule has 1 amide bonds. The number of benzene rings is 1. The van der Waals surface area contributed by atoms with Crippen molar-refractivity contribution in [3.63, 3.8) is 0 Å². The van der Waals surface area contributed by atoms with E-state index in [1.54, 1.807) is 29.3 Å². The third kappa shape index (κ3) is 6.84. The Morgan fingerprint density at radius 3 is 2.78 bits per heavy atom. The van der Waals surface area contributed by atoms with Gasteiger partial charge < -0.3 is 15.0 Å². The number of hydrogen-bond donors (Lipinski definition) is 1. The second kappa shape index (κ2) is 12.5. The maximum atomic E-state index is 13.1. The quantitative estimate of drug-likeness (QED) is 0.209. The van der Waals surface area contributed by atoms with Crippen LogP contribution in [-0.4, -0.2) is 42.6 Å². The standard InChI is InChI=1S/C25H27ClF3N5O2/c1-3-19(23(33-16-26)32-15-17-6-4-7-18(14-17)25(27,28)29)20(30-2)9-10-22(35)34-12-13-36-24-21(34)8-5-11-31-24/h4-8,11,14H,2-3,9-10,12-13,15-16H2,1H3,(H,32,33)/b20-19-. The van der Waals surface area contributed by atoms with Gasteiger partial charge >= 0.3 is 6.18 Å². The van der Waals surface area contributed by atoms with Crippen LogP contribution in [0.1, 0.15) is 37.3 Å². The number of nitrogens with zero attached hydrogens (tertiary/aromatic N) is 4. The normalized spacial score (nSPS) is 14.5. The molecule has 0 bridgehead atoms. The maximum absolute atomic E-state index is 13.1. The molecule has 1 aromatic heterocycles. The SMILES string of the molecule is C=N/C(CCC(=O)N1CCOc2ncccc21)=C(/CC)C(=NCc1cccc(C(F)(F)F)c1)NCCl. The highest BCUT2D eigenvalue weighted by atomic mass is 35.5. The van der Waals surface area contributed by atoms with Crippen molar-refractivity contribution in [3.05, 3.63) is 65.0 Å². The summed E-state index contributed by atoms with van der Waals surface area (Å²) >= 11 is 5.90. The number of amides is 1. The minimum atomic E-state index is -4.44. The van der Waals surface area contributed by atoms with Gasteiger partial charge in [-0.05, 0) is 49.4 Å². The van der Waals surface area contributed by atoms with Gasteiger partial charge in [0.25, 0.3) is 0 Å². The number of allylic oxidation sites excluding steroid dienone is 1. The van der Waals surface area contributed by atoms with Crippen LogP contribution in [-0.2, 0) is 17.5 Å². The zero-order valence-corrected chi connectivity index (χ0v) is 20.6. The number of nitrogens with one attached hydrogen (secondary N) is 1. The minimum absolute atomic E-state index is 0.00750. The second-order valence-electron chi connectivity index (χ2n) is 7.83. The molecule has 0 saturated heterocycles. The van der Waals surface area contributed by atoms with Crippen molar-refractivity contribution in [2.75, 3.05) is 24.1 Å². The summed E-state index contributed by atoms with van der Waals surface area (Å²) < 4.78 is 44.7. The first-order valence-electron chi connectivity index (χ1n) is 11.4. The molecule has 0 aliphatic carbocycles. The molecule has 2 heterocycles. The number of carbonyl (C=O) groups excluding carboxylic acids is 1. The molecule has 7 nitrogen and oxygen atoms in total. The van der Waals surface area contributed by atoms with Crippen molar-refractivity contribution in [1.29, 1.82) is 0 Å². The number of amidine groups is 1. The van der Waals surface area contributed by atoms with Gasteiger partial charge in [0.2, 0.25) is 11.8 Å². The molecule has 0 radical (unpaired) electrons. The third-order valence-corrected chi connectivity index (χ3v) is 5.69. The molecule has 1 aromatic carbocycles. The van der Waals surface area contributed by atoms with Gasteiger partial charge in [0.15, 0.2) is 0 Å². The van der Waals surface area contributed by atoms with Crippen LogP contribution in [0.3, 0.4) is 0 Å². The van der Waals surface area contributed by atoms with Crippen LogP contribution in [0.15, 0.2) is 63.8 Å². The van der Waals surface area contributed by atoms with E-state index in [4.69, 9.17) is 16.3 Å². The van der Waals surface area contributed by atoms with Gasteiger partial charge in [0, 0.05) is 23.9 Å². The molecule has 0 spiro atoms. The highest BCUT2D eigenvalue weighted by Crippen LogP contribution is 2.31. The topological polar surface area (TPSA) is 79.2 Å². The minimum Gasteiger partial charge on any atom is -0.474 e. The summed E-state index contributed by atoms with van der Waals surface area (Å²) in [5.74, 6) is 0.705. The number of anilines is 1. The Labute approximate surface area is 212 Å². The number of alkyl halides is 4. The van der Waals surface area contributed by atoms with Crippen molar-refractivity contribution in [1.82, 2.24) is 10.3 Å². The molecular weight excluding hydrogens is 495 g/mol. The molecule has 11 heteroatoms. The highest BCUT2D eigenvalue weighted by molar-refractivity contribution is 6.19. The summed E-state index contributed by atoms with van der Waals surface area (Å²) in [5, 5.41) is 2.95. The fourth-order valence-corrected chi connectivity index (χ4v) is 3.97. The lowest BCUT2D eigenvalue weighted by atomic mass is 10.1. The lowest BCUT2D eigenvalue weighted by Gasteiger charge is -2.28. The smallest absolute Gasteiger partial charge is 0.416 e. The zero-order chi connectivity index (χ0) is 26.1. The number of aromatic nitrogens is 1. The fourth-order valence-electron chi connectivity index (χ4n) is 3.84. The Morgan fingerprint density at radius 1 is 1.28 bits per heavy atom. The second-order valence-corrected chi connectivity index (χ2v) is 8.10. The number of ether oxygens (including phenoxy) is 1. The molecule has 36 heavy (non-hydrogen) atoms. The molecule has 3 rings (SSSR count). The maximum Gasteiger partial charge on any atom is 0.416 e. The van der Waals surface area contributed by atoms with Crippen molar-refractivity contribution < 1.29 is 22.7 Å². The molecule has 1 aliphatic heterocycles. The first kappa shape index (κ1) is 27.2. The predicted octanol–water partition coefficient (Wildman–Crippen LogP) is 5.36. The first-order chi connectivity index (χ1) is 17.3. The van der Waals surface area contributed by atoms with E-state index in [1.807, 2.05) is 6.92 Å². The molecule has 0 unspecified atom stereocenters. The van der Waals surface area contributed by atoms with E-state index in [9.17, 15) is 18.0 Å². The van der Waals surface area contributed by atoms with E-state index in [1.165, 1.54) is 6.07 Å². The van der Waals surface area contributed by atoms with E-state index in [-0.39, 0.29) is 24.9 Å². The van der Waals surface area contributed by atoms with Crippen LogP contribution >= 0.6 is 11.6 Å². The molecular formula is C25H27ClF3N5O2. The van der Waals surface area contributed by atoms with E-state index < -0.39 is 11.7 Å². The summed E-state index contributed by atoms with van der Waals surface area (Å²) in [6.07, 6.45) is -1.88. The Morgan fingerprint density at radius 2 is 2.08 bits per heavy atom. The van der Waals surface area contributed by atoms with E-state index >= 15 is 0 Å². The van der Waals surface area contributed by atoms with Gasteiger partial charge in [-0.25, -0.2) is 4.98 Å². The highest BCUT2D eigenvalue weighted by Gasteiger charge is 2.30. The average Bonchev–Trinajstić information content (AvgIpc) is 2.88. The zero-order valence-electron chi connectivity index (χ0n) is 19.8. The lowest BCUT2D eigenvalue weighted by Crippen LogP contribution is -2.38. The Balaban J connectivity index is 1.79. The number of fused-ring (bicyclic) bond motifs is 1. The molecule has 192 valence electrons. The molecule has 1 N–H and O–H groups in total. The molecule has 0 saturated carbocycles. The Bertz CT molecular complexity index is 1150. The van der Waals surface area contributed by atoms with Crippen molar-refractivity contribution in [2.24, 2.45) is 9.98 Å². The van der Waals surface area contributed by atoms with Crippen LogP contribution in [0.5, 0.6) is 5.88 Å². The van der Waals surface area contributed by atoms with Gasteiger partial charge in [-0.2, -0.15) is 13.2 Å². The largest absolute Gasteiger partial charge is 0.474 e. The van der Waals surface area contributed by atoms with Gasteiger partial charge in [-0.3, -0.25) is 14.8 Å². The van der Waals surface area contributed by atoms with Gasteiger partial charge in [0.05, 0.1) is 24.7 Å². The number of carbonyl (C=O) groups is 1. The summed E-state index contributed by atoms with van der Waals surface area (Å²) in [7, 11) is 0. The summed E-state index contributed by atoms with van der Waals surface area (Å²) in [4.78, 5) is 27.4. The van der Waals surface area contributed by atoms with Gasteiger partial charge in [-0.15, -0.1) is 11.6 Å². The van der Waals surface area contributed by atoms with Crippen LogP contribution in [0.4, 0.5) is 18.9 Å². The van der Waals surface area contributed by atoms with Crippen molar-refractivity contribution in [2.45, 2.75) is 38.9 Å². The molecule has 2 aromatic rings. The number of aliphatic imine (C=N–C) groups is 2. The van der Waals surface area contributed by atoms with Crippen LogP contribution in [0.25, 0.3) is 0 Å². The Hall–Kier alpha value is -3.40. The number of rotatable bonds is 9. The van der Waals surface area contributed by atoms with E-state index in [2.05, 4.69) is 27.0 Å². The lowest BCUT2D eigenvalue weighted by molar-refractivity contribution is -0.137. The number of pyridine rings is 1. The molecule has 0 fully saturated rings. The Kier molecular flexibility index (Phi) is 9.46. The third-order valence-electron chi connectivity index (χ3n) is 5.56. The summed E-state index contributed by atoms with van der Waals surface area (Å²) in [5.41, 5.74) is 1.53. The van der Waals surface area contributed by atoms with Crippen LogP contribution < -0.4 is 15.0 Å². The molecule has 1 aliphatic rings. The van der Waals surface area contributed by atoms with Crippen molar-refractivity contribution >= 4 is 35.7 Å². The van der Waals surface area contributed by atoms with Crippen molar-refractivity contribution in [3.8, 4) is 5.88 Å². The van der Waals surface area contributed by atoms with Gasteiger partial charge in [-0.1, -0.05) is 19.1 Å². The van der Waals surface area contributed by atoms with Gasteiger partial charge in [0.1, 0.15) is 18.1 Å². The van der Waals surface area contributed by atoms with E-state index in [0.29, 0.717) is 60.2 Å². The first-order valence-corrected chi connectivity index (χ1v) is 11.9. The summed E-state index contributed by atoms with van der Waals surface area (Å²) in [6, 6.07) is 8.56. The fraction of sp³-hybridized carbons (Fsp3) is 0.360. The molecule has 0 atom stereocenters. The predicted molar refractivity (Wildman–Crippen MR) is 135 cm³/mol. The number of halogens is 4. The monoisotopic (exact) mass is 521 g/mol. The average molecular weight is 522 g/mol. The van der Waals surface area contributed by atoms with E-state index in [0.717, 1.165) is 12.1 Å².